The second-order valence-corrected chi connectivity index (χ2v) is 6.66. The highest BCUT2D eigenvalue weighted by atomic mass is 35.5. The lowest BCUT2D eigenvalue weighted by Gasteiger charge is -2.17. The van der Waals surface area contributed by atoms with E-state index < -0.39 is 12.0 Å². The zero-order valence-corrected chi connectivity index (χ0v) is 15.3. The number of pyridine rings is 1. The van der Waals surface area contributed by atoms with E-state index in [2.05, 4.69) is 10.3 Å². The summed E-state index contributed by atoms with van der Waals surface area (Å²) < 4.78 is 13.0. The quantitative estimate of drug-likeness (QED) is 0.807. The van der Waals surface area contributed by atoms with Crippen LogP contribution in [0.5, 0.6) is 0 Å². The average Bonchev–Trinajstić information content (AvgIpc) is 2.90. The standard InChI is InChI=1S/C17H15Cl2FN4O2/c1-23-14(9-24(17(23)26)12-4-5-15(20)21-8-12)16(25)22-7-10-2-3-11(18)6-13(10)19/h2-6,8,14H,7,9H2,1H3,(H,22,25). The highest BCUT2D eigenvalue weighted by Crippen LogP contribution is 2.23. The van der Waals surface area contributed by atoms with Gasteiger partial charge in [0.25, 0.3) is 0 Å². The third-order valence-electron chi connectivity index (χ3n) is 4.15. The molecule has 26 heavy (non-hydrogen) atoms. The van der Waals surface area contributed by atoms with Gasteiger partial charge in [-0.15, -0.1) is 0 Å². The first-order valence-electron chi connectivity index (χ1n) is 7.74. The zero-order chi connectivity index (χ0) is 18.8. The van der Waals surface area contributed by atoms with Gasteiger partial charge >= 0.3 is 6.03 Å². The van der Waals surface area contributed by atoms with Crippen molar-refractivity contribution in [2.75, 3.05) is 18.5 Å². The molecule has 1 saturated heterocycles. The number of hydrogen-bond donors (Lipinski definition) is 1. The van der Waals surface area contributed by atoms with Crippen LogP contribution in [-0.4, -0.2) is 41.5 Å². The summed E-state index contributed by atoms with van der Waals surface area (Å²) in [5, 5.41) is 3.73. The number of urea groups is 1. The number of aromatic nitrogens is 1. The molecule has 0 aliphatic carbocycles. The minimum Gasteiger partial charge on any atom is -0.350 e. The monoisotopic (exact) mass is 396 g/mol. The molecule has 2 aromatic rings. The molecule has 1 fully saturated rings. The lowest BCUT2D eigenvalue weighted by Crippen LogP contribution is -2.43. The van der Waals surface area contributed by atoms with Crippen molar-refractivity contribution in [1.29, 1.82) is 0 Å². The van der Waals surface area contributed by atoms with Crippen molar-refractivity contribution in [2.45, 2.75) is 12.6 Å². The van der Waals surface area contributed by atoms with Crippen molar-refractivity contribution < 1.29 is 14.0 Å². The summed E-state index contributed by atoms with van der Waals surface area (Å²) in [5.74, 6) is -0.952. The Hall–Kier alpha value is -2.38. The Morgan fingerprint density at radius 1 is 1.35 bits per heavy atom. The minimum atomic E-state index is -0.682. The SMILES string of the molecule is CN1C(=O)N(c2ccc(F)nc2)CC1C(=O)NCc1ccc(Cl)cc1Cl. The lowest BCUT2D eigenvalue weighted by molar-refractivity contribution is -0.124. The van der Waals surface area contributed by atoms with Gasteiger partial charge in [-0.05, 0) is 29.8 Å². The smallest absolute Gasteiger partial charge is 0.325 e. The molecule has 0 bridgehead atoms. The molecule has 1 aromatic carbocycles. The summed E-state index contributed by atoms with van der Waals surface area (Å²) in [6.07, 6.45) is 1.26. The van der Waals surface area contributed by atoms with Crippen molar-refractivity contribution in [2.24, 2.45) is 0 Å². The molecule has 1 N–H and O–H groups in total. The van der Waals surface area contributed by atoms with Gasteiger partial charge in [-0.3, -0.25) is 9.69 Å². The normalized spacial score (nSPS) is 16.9. The Kier molecular flexibility index (Phi) is 5.29. The number of hydrogen-bond acceptors (Lipinski definition) is 3. The van der Waals surface area contributed by atoms with Crippen molar-refractivity contribution >= 4 is 40.8 Å². The van der Waals surface area contributed by atoms with E-state index in [0.29, 0.717) is 15.7 Å². The molecule has 0 spiro atoms. The number of likely N-dealkylation sites (N-methyl/N-ethyl adjacent to an activating group) is 1. The van der Waals surface area contributed by atoms with Gasteiger partial charge in [0.05, 0.1) is 18.4 Å². The van der Waals surface area contributed by atoms with E-state index in [4.69, 9.17) is 23.2 Å². The van der Waals surface area contributed by atoms with Crippen LogP contribution in [0.4, 0.5) is 14.9 Å². The third-order valence-corrected chi connectivity index (χ3v) is 4.74. The maximum atomic E-state index is 13.0. The van der Waals surface area contributed by atoms with Crippen LogP contribution in [0.15, 0.2) is 36.5 Å². The molecule has 136 valence electrons. The molecule has 3 rings (SSSR count). The van der Waals surface area contributed by atoms with Crippen LogP contribution in [0.1, 0.15) is 5.56 Å². The van der Waals surface area contributed by atoms with E-state index in [1.165, 1.54) is 28.1 Å². The molecule has 2 heterocycles. The zero-order valence-electron chi connectivity index (χ0n) is 13.7. The molecular weight excluding hydrogens is 382 g/mol. The van der Waals surface area contributed by atoms with Gasteiger partial charge in [0.1, 0.15) is 6.04 Å². The fourth-order valence-electron chi connectivity index (χ4n) is 2.66. The van der Waals surface area contributed by atoms with Crippen molar-refractivity contribution in [1.82, 2.24) is 15.2 Å². The number of rotatable bonds is 4. The van der Waals surface area contributed by atoms with Gasteiger partial charge in [-0.2, -0.15) is 4.39 Å². The number of anilines is 1. The van der Waals surface area contributed by atoms with Crippen molar-refractivity contribution in [3.05, 3.63) is 58.1 Å². The van der Waals surface area contributed by atoms with Gasteiger partial charge in [0, 0.05) is 23.6 Å². The highest BCUT2D eigenvalue weighted by molar-refractivity contribution is 6.35. The molecule has 0 radical (unpaired) electrons. The summed E-state index contributed by atoms with van der Waals surface area (Å²) in [6.45, 7) is 0.355. The number of nitrogens with one attached hydrogen (secondary N) is 1. The Morgan fingerprint density at radius 3 is 2.77 bits per heavy atom. The molecule has 6 nitrogen and oxygen atoms in total. The van der Waals surface area contributed by atoms with Crippen LogP contribution in [0.3, 0.4) is 0 Å². The van der Waals surface area contributed by atoms with E-state index in [1.807, 2.05) is 0 Å². The molecule has 1 unspecified atom stereocenters. The predicted molar refractivity (Wildman–Crippen MR) is 96.8 cm³/mol. The van der Waals surface area contributed by atoms with E-state index in [1.54, 1.807) is 25.2 Å². The van der Waals surface area contributed by atoms with Gasteiger partial charge in [0.2, 0.25) is 11.9 Å². The molecule has 1 aliphatic heterocycles. The van der Waals surface area contributed by atoms with Crippen LogP contribution in [0, 0.1) is 5.95 Å². The first kappa shape index (κ1) is 18.4. The Morgan fingerprint density at radius 2 is 2.12 bits per heavy atom. The van der Waals surface area contributed by atoms with Crippen LogP contribution >= 0.6 is 23.2 Å². The number of amides is 3. The van der Waals surface area contributed by atoms with E-state index in [0.717, 1.165) is 5.56 Å². The van der Waals surface area contributed by atoms with Crippen LogP contribution in [0.2, 0.25) is 10.0 Å². The largest absolute Gasteiger partial charge is 0.350 e. The number of nitrogens with zero attached hydrogens (tertiary/aromatic N) is 3. The third kappa shape index (κ3) is 3.73. The summed E-state index contributed by atoms with van der Waals surface area (Å²) in [7, 11) is 1.54. The Bertz CT molecular complexity index is 847. The maximum Gasteiger partial charge on any atom is 0.325 e. The van der Waals surface area contributed by atoms with Gasteiger partial charge in [-0.1, -0.05) is 29.3 Å². The van der Waals surface area contributed by atoms with Crippen molar-refractivity contribution in [3.8, 4) is 0 Å². The first-order chi connectivity index (χ1) is 12.4. The van der Waals surface area contributed by atoms with Crippen LogP contribution < -0.4 is 10.2 Å². The molecule has 1 aromatic heterocycles. The van der Waals surface area contributed by atoms with Gasteiger partial charge in [-0.25, -0.2) is 9.78 Å². The maximum absolute atomic E-state index is 13.0. The number of carbonyl (C=O) groups is 2. The summed E-state index contributed by atoms with van der Waals surface area (Å²) in [5.41, 5.74) is 1.15. The Labute approximate surface area is 159 Å². The topological polar surface area (TPSA) is 65.5 Å². The molecular formula is C17H15Cl2FN4O2. The van der Waals surface area contributed by atoms with E-state index in [9.17, 15) is 14.0 Å². The minimum absolute atomic E-state index is 0.142. The number of benzene rings is 1. The van der Waals surface area contributed by atoms with Crippen molar-refractivity contribution in [3.63, 3.8) is 0 Å². The number of carbonyl (C=O) groups excluding carboxylic acids is 2. The van der Waals surface area contributed by atoms with Crippen LogP contribution in [0.25, 0.3) is 0 Å². The summed E-state index contributed by atoms with van der Waals surface area (Å²) in [4.78, 5) is 31.2. The van der Waals surface area contributed by atoms with E-state index in [-0.39, 0.29) is 25.0 Å². The number of halogens is 3. The lowest BCUT2D eigenvalue weighted by atomic mass is 10.2. The second kappa shape index (κ2) is 7.47. The fraction of sp³-hybridized carbons (Fsp3) is 0.235. The molecule has 1 aliphatic rings. The predicted octanol–water partition coefficient (Wildman–Crippen LogP) is 3.08. The summed E-state index contributed by atoms with van der Waals surface area (Å²) in [6, 6.07) is 6.58. The van der Waals surface area contributed by atoms with Gasteiger partial charge in [0.15, 0.2) is 0 Å². The summed E-state index contributed by atoms with van der Waals surface area (Å²) >= 11 is 11.9. The molecule has 1 atom stereocenters. The van der Waals surface area contributed by atoms with E-state index >= 15 is 0 Å². The molecule has 9 heteroatoms. The Balaban J connectivity index is 1.67. The first-order valence-corrected chi connectivity index (χ1v) is 8.50. The average molecular weight is 397 g/mol. The van der Waals surface area contributed by atoms with Crippen LogP contribution in [-0.2, 0) is 11.3 Å². The molecule has 3 amide bonds. The fourth-order valence-corrected chi connectivity index (χ4v) is 3.14. The molecule has 0 saturated carbocycles. The second-order valence-electron chi connectivity index (χ2n) is 5.81. The highest BCUT2D eigenvalue weighted by Gasteiger charge is 2.39. The van der Waals surface area contributed by atoms with Gasteiger partial charge < -0.3 is 10.2 Å².